The molecule has 2 saturated carbocycles. The molecule has 4 nitrogen and oxygen atoms in total. The minimum atomic E-state index is 0.445. The first-order valence-corrected chi connectivity index (χ1v) is 16.2. The lowest BCUT2D eigenvalue weighted by atomic mass is 9.74. The number of hydrogen-bond acceptors (Lipinski definition) is 4. The molecular weight excluding hydrogens is 512 g/mol. The van der Waals surface area contributed by atoms with E-state index in [1.807, 2.05) is 12.4 Å². The van der Waals surface area contributed by atoms with Crippen LogP contribution in [0, 0.1) is 0 Å². The van der Waals surface area contributed by atoms with Crippen LogP contribution in [-0.4, -0.2) is 34.1 Å². The highest BCUT2D eigenvalue weighted by molar-refractivity contribution is 6.11. The highest BCUT2D eigenvalue weighted by Crippen LogP contribution is 2.49. The predicted molar refractivity (Wildman–Crippen MR) is 174 cm³/mol. The Morgan fingerprint density at radius 2 is 0.857 bits per heavy atom. The number of nitrogens with zero attached hydrogens (tertiary/aromatic N) is 4. The zero-order valence-electron chi connectivity index (χ0n) is 24.4. The second kappa shape index (κ2) is 9.29. The lowest BCUT2D eigenvalue weighted by molar-refractivity contribution is 0.251. The van der Waals surface area contributed by atoms with Crippen molar-refractivity contribution in [2.75, 3.05) is 22.9 Å². The molecule has 2 aliphatic carbocycles. The lowest BCUT2D eigenvalue weighted by Gasteiger charge is -2.47. The molecule has 9 rings (SSSR count). The van der Waals surface area contributed by atoms with Crippen LogP contribution in [0.3, 0.4) is 0 Å². The molecule has 42 heavy (non-hydrogen) atoms. The first kappa shape index (κ1) is 24.7. The van der Waals surface area contributed by atoms with Crippen molar-refractivity contribution in [3.63, 3.8) is 0 Å². The topological polar surface area (TPSA) is 32.3 Å². The van der Waals surface area contributed by atoms with Crippen molar-refractivity contribution in [2.45, 2.75) is 75.3 Å². The van der Waals surface area contributed by atoms with E-state index in [2.05, 4.69) is 82.6 Å². The Hall–Kier alpha value is -3.92. The third kappa shape index (κ3) is 3.60. The molecule has 4 heterocycles. The molecule has 2 aromatic heterocycles. The van der Waals surface area contributed by atoms with Gasteiger partial charge in [-0.3, -0.25) is 9.97 Å². The van der Waals surface area contributed by atoms with Crippen LogP contribution in [0.4, 0.5) is 11.4 Å². The molecule has 0 atom stereocenters. The Labute approximate surface area is 248 Å². The van der Waals surface area contributed by atoms with Gasteiger partial charge in [0.2, 0.25) is 0 Å². The molecule has 0 radical (unpaired) electrons. The fourth-order valence-electron chi connectivity index (χ4n) is 8.87. The normalized spacial score (nSPS) is 20.5. The maximum Gasteiger partial charge on any atom is 0.0970 e. The van der Waals surface area contributed by atoms with E-state index in [0.29, 0.717) is 11.1 Å². The predicted octanol–water partition coefficient (Wildman–Crippen LogP) is 9.16. The number of anilines is 2. The Kier molecular flexibility index (Phi) is 5.45. The third-order valence-corrected chi connectivity index (χ3v) is 11.4. The Morgan fingerprint density at radius 3 is 1.24 bits per heavy atom. The zero-order chi connectivity index (χ0) is 27.7. The van der Waals surface area contributed by atoms with E-state index in [4.69, 9.17) is 9.97 Å². The standard InChI is InChI=1S/C38H38N4/c1-17-37(18-1)21-3-25-41(37)29-9-5-27(6-10-29)31-15-23-39-35-33(31)13-14-34-32(16-24-40-36(34)35)28-7-11-30(12-8-28)42-26-4-22-38(42)19-2-20-38/h5-16,23-24H,1-4,17-22,25-26H2. The van der Waals surface area contributed by atoms with Crippen LogP contribution < -0.4 is 9.80 Å². The maximum atomic E-state index is 4.87. The van der Waals surface area contributed by atoms with Crippen LogP contribution in [0.25, 0.3) is 44.1 Å². The van der Waals surface area contributed by atoms with E-state index >= 15 is 0 Å². The summed E-state index contributed by atoms with van der Waals surface area (Å²) in [6.07, 6.45) is 17.4. The average Bonchev–Trinajstić information content (AvgIpc) is 3.67. The van der Waals surface area contributed by atoms with Crippen molar-refractivity contribution in [2.24, 2.45) is 0 Å². The summed E-state index contributed by atoms with van der Waals surface area (Å²) in [4.78, 5) is 15.1. The maximum absolute atomic E-state index is 4.87. The van der Waals surface area contributed by atoms with Gasteiger partial charge in [-0.2, -0.15) is 0 Å². The largest absolute Gasteiger partial charge is 0.366 e. The second-order valence-corrected chi connectivity index (χ2v) is 13.3. The molecule has 0 N–H and O–H groups in total. The molecule has 0 amide bonds. The number of benzene rings is 3. The zero-order valence-corrected chi connectivity index (χ0v) is 24.4. The first-order valence-electron chi connectivity index (χ1n) is 16.2. The molecule has 2 spiro atoms. The number of hydrogen-bond donors (Lipinski definition) is 0. The SMILES string of the molecule is c1cc(-c2ccc(N3CCCC34CCC4)cc2)c2ccc3c(-c4ccc(N5CCCC56CCC6)cc4)ccnc3c2n1. The molecule has 210 valence electrons. The highest BCUT2D eigenvalue weighted by atomic mass is 15.2. The van der Waals surface area contributed by atoms with E-state index in [1.165, 1.54) is 111 Å². The molecule has 4 fully saturated rings. The van der Waals surface area contributed by atoms with Crippen molar-refractivity contribution in [3.8, 4) is 22.3 Å². The third-order valence-electron chi connectivity index (χ3n) is 11.4. The molecule has 4 heteroatoms. The van der Waals surface area contributed by atoms with Crippen LogP contribution in [0.2, 0.25) is 0 Å². The van der Waals surface area contributed by atoms with Crippen LogP contribution >= 0.6 is 0 Å². The molecule has 0 unspecified atom stereocenters. The van der Waals surface area contributed by atoms with Crippen molar-refractivity contribution >= 4 is 33.2 Å². The van der Waals surface area contributed by atoms with E-state index in [9.17, 15) is 0 Å². The second-order valence-electron chi connectivity index (χ2n) is 13.3. The number of fused-ring (bicyclic) bond motifs is 3. The summed E-state index contributed by atoms with van der Waals surface area (Å²) in [6, 6.07) is 27.4. The highest BCUT2D eigenvalue weighted by Gasteiger charge is 2.46. The molecule has 4 aliphatic rings. The Morgan fingerprint density at radius 1 is 0.452 bits per heavy atom. The molecule has 5 aromatic rings. The molecule has 3 aromatic carbocycles. The minimum absolute atomic E-state index is 0.445. The van der Waals surface area contributed by atoms with Gasteiger partial charge in [0.25, 0.3) is 0 Å². The van der Waals surface area contributed by atoms with Crippen molar-refractivity contribution < 1.29 is 0 Å². The average molecular weight is 551 g/mol. The minimum Gasteiger partial charge on any atom is -0.366 e. The van der Waals surface area contributed by atoms with Crippen LogP contribution in [-0.2, 0) is 0 Å². The number of pyridine rings is 2. The fraction of sp³-hybridized carbons (Fsp3) is 0.368. The summed E-state index contributed by atoms with van der Waals surface area (Å²) in [5.74, 6) is 0. The molecule has 2 aliphatic heterocycles. The molecular formula is C38H38N4. The summed E-state index contributed by atoms with van der Waals surface area (Å²) in [5, 5.41) is 2.32. The fourth-order valence-corrected chi connectivity index (χ4v) is 8.87. The van der Waals surface area contributed by atoms with Crippen LogP contribution in [0.5, 0.6) is 0 Å². The summed E-state index contributed by atoms with van der Waals surface area (Å²) >= 11 is 0. The number of rotatable bonds is 4. The van der Waals surface area contributed by atoms with Gasteiger partial charge < -0.3 is 9.80 Å². The summed E-state index contributed by atoms with van der Waals surface area (Å²) in [6.45, 7) is 2.39. The summed E-state index contributed by atoms with van der Waals surface area (Å²) in [7, 11) is 0. The van der Waals surface area contributed by atoms with Gasteiger partial charge in [-0.1, -0.05) is 36.4 Å². The molecule has 0 bridgehead atoms. The van der Waals surface area contributed by atoms with E-state index in [1.54, 1.807) is 0 Å². The van der Waals surface area contributed by atoms with Crippen LogP contribution in [0.15, 0.2) is 85.2 Å². The van der Waals surface area contributed by atoms with Gasteiger partial charge >= 0.3 is 0 Å². The van der Waals surface area contributed by atoms with Gasteiger partial charge in [-0.25, -0.2) is 0 Å². The quantitative estimate of drug-likeness (QED) is 0.209. The molecule has 2 saturated heterocycles. The van der Waals surface area contributed by atoms with Gasteiger partial charge in [0, 0.05) is 58.7 Å². The number of aromatic nitrogens is 2. The van der Waals surface area contributed by atoms with Gasteiger partial charge in [-0.15, -0.1) is 0 Å². The monoisotopic (exact) mass is 550 g/mol. The van der Waals surface area contributed by atoms with Gasteiger partial charge in [0.1, 0.15) is 0 Å². The Bertz CT molecular complexity index is 1660. The summed E-state index contributed by atoms with van der Waals surface area (Å²) < 4.78 is 0. The summed E-state index contributed by atoms with van der Waals surface area (Å²) in [5.41, 5.74) is 10.5. The van der Waals surface area contributed by atoms with Gasteiger partial charge in [0.05, 0.1) is 11.0 Å². The van der Waals surface area contributed by atoms with Crippen molar-refractivity contribution in [1.29, 1.82) is 0 Å². The van der Waals surface area contributed by atoms with E-state index in [0.717, 1.165) is 21.8 Å². The van der Waals surface area contributed by atoms with Crippen LogP contribution in [0.1, 0.15) is 64.2 Å². The van der Waals surface area contributed by atoms with Crippen molar-refractivity contribution in [1.82, 2.24) is 9.97 Å². The Balaban J connectivity index is 1.06. The van der Waals surface area contributed by atoms with Crippen molar-refractivity contribution in [3.05, 3.63) is 85.2 Å². The van der Waals surface area contributed by atoms with E-state index in [-0.39, 0.29) is 0 Å². The van der Waals surface area contributed by atoms with Gasteiger partial charge in [-0.05, 0) is 123 Å². The lowest BCUT2D eigenvalue weighted by Crippen LogP contribution is -2.49. The van der Waals surface area contributed by atoms with Gasteiger partial charge in [0.15, 0.2) is 0 Å². The first-order chi connectivity index (χ1) is 20.7. The smallest absolute Gasteiger partial charge is 0.0970 e. The van der Waals surface area contributed by atoms with E-state index < -0.39 is 0 Å².